The summed E-state index contributed by atoms with van der Waals surface area (Å²) in [5.74, 6) is -0.658. The minimum absolute atomic E-state index is 0.00409. The lowest BCUT2D eigenvalue weighted by molar-refractivity contribution is -0.150. The maximum absolute atomic E-state index is 13.0. The first-order valence-electron chi connectivity index (χ1n) is 9.00. The highest BCUT2D eigenvalue weighted by Gasteiger charge is 2.56. The first-order chi connectivity index (χ1) is 11.8. The number of carbonyl (C=O) groups excluding carboxylic acids is 1. The van der Waals surface area contributed by atoms with Crippen molar-refractivity contribution < 1.29 is 19.4 Å². The molecule has 136 valence electrons. The van der Waals surface area contributed by atoms with Crippen LogP contribution in [0.5, 0.6) is 0 Å². The average Bonchev–Trinajstić information content (AvgIpc) is 3.13. The van der Waals surface area contributed by atoms with Crippen molar-refractivity contribution in [2.45, 2.75) is 39.7 Å². The Labute approximate surface area is 149 Å². The summed E-state index contributed by atoms with van der Waals surface area (Å²) in [5.41, 5.74) is -0.310. The minimum atomic E-state index is -0.747. The molecule has 1 N–H and O–H groups in total. The molecule has 1 aromatic carbocycles. The molecule has 1 aromatic rings. The molecule has 1 amide bonds. The normalized spacial score (nSPS) is 25.8. The molecule has 5 nitrogen and oxygen atoms in total. The highest BCUT2D eigenvalue weighted by atomic mass is 16.5. The van der Waals surface area contributed by atoms with Gasteiger partial charge in [-0.05, 0) is 38.2 Å². The Bertz CT molecular complexity index is 642. The number of carboxylic acids is 1. The van der Waals surface area contributed by atoms with Gasteiger partial charge in [-0.15, -0.1) is 0 Å². The van der Waals surface area contributed by atoms with Gasteiger partial charge in [-0.2, -0.15) is 0 Å². The lowest BCUT2D eigenvalue weighted by atomic mass is 9.81. The first-order valence-corrected chi connectivity index (χ1v) is 9.00. The lowest BCUT2D eigenvalue weighted by Crippen LogP contribution is -2.44. The number of likely N-dealkylation sites (tertiary alicyclic amines) is 1. The summed E-state index contributed by atoms with van der Waals surface area (Å²) < 4.78 is 5.77. The van der Waals surface area contributed by atoms with Gasteiger partial charge >= 0.3 is 5.97 Å². The van der Waals surface area contributed by atoms with Gasteiger partial charge in [0.2, 0.25) is 5.91 Å². The van der Waals surface area contributed by atoms with Gasteiger partial charge in [0.15, 0.2) is 0 Å². The fourth-order valence-corrected chi connectivity index (χ4v) is 4.28. The largest absolute Gasteiger partial charge is 0.481 e. The van der Waals surface area contributed by atoms with Crippen molar-refractivity contribution in [3.05, 3.63) is 35.9 Å². The summed E-state index contributed by atoms with van der Waals surface area (Å²) in [5, 5.41) is 9.68. The number of carbonyl (C=O) groups is 2. The zero-order valence-electron chi connectivity index (χ0n) is 15.0. The van der Waals surface area contributed by atoms with Gasteiger partial charge in [-0.1, -0.05) is 36.8 Å². The van der Waals surface area contributed by atoms with Crippen LogP contribution in [0.1, 0.15) is 38.7 Å². The third-order valence-corrected chi connectivity index (χ3v) is 5.74. The van der Waals surface area contributed by atoms with E-state index in [0.717, 1.165) is 18.4 Å². The Balaban J connectivity index is 1.59. The molecule has 1 saturated carbocycles. The number of fused-ring (bicyclic) bond motifs is 1. The molecule has 2 fully saturated rings. The van der Waals surface area contributed by atoms with E-state index in [-0.39, 0.29) is 11.8 Å². The number of hydrogen-bond acceptors (Lipinski definition) is 3. The van der Waals surface area contributed by atoms with E-state index in [1.54, 1.807) is 4.90 Å². The number of nitrogens with zero attached hydrogens (tertiary/aromatic N) is 1. The number of rotatable bonds is 6. The van der Waals surface area contributed by atoms with E-state index >= 15 is 0 Å². The van der Waals surface area contributed by atoms with Crippen molar-refractivity contribution in [3.63, 3.8) is 0 Å². The van der Waals surface area contributed by atoms with Crippen molar-refractivity contribution in [1.29, 1.82) is 0 Å². The summed E-state index contributed by atoms with van der Waals surface area (Å²) >= 11 is 0. The second-order valence-corrected chi connectivity index (χ2v) is 8.10. The Hall–Kier alpha value is -1.88. The molecule has 25 heavy (non-hydrogen) atoms. The molecular weight excluding hydrogens is 318 g/mol. The van der Waals surface area contributed by atoms with Gasteiger partial charge in [-0.25, -0.2) is 0 Å². The zero-order valence-corrected chi connectivity index (χ0v) is 15.0. The average molecular weight is 345 g/mol. The van der Waals surface area contributed by atoms with E-state index in [1.165, 1.54) is 0 Å². The third-order valence-electron chi connectivity index (χ3n) is 5.74. The molecule has 0 aromatic heterocycles. The number of aliphatic carboxylic acids is 1. The van der Waals surface area contributed by atoms with Crippen molar-refractivity contribution in [3.8, 4) is 0 Å². The molecule has 0 bridgehead atoms. The van der Waals surface area contributed by atoms with E-state index in [4.69, 9.17) is 4.74 Å². The molecule has 2 aliphatic rings. The van der Waals surface area contributed by atoms with Gasteiger partial charge in [0.25, 0.3) is 0 Å². The number of amides is 1. The molecule has 1 heterocycles. The monoisotopic (exact) mass is 345 g/mol. The number of hydrogen-bond donors (Lipinski definition) is 1. The Morgan fingerprint density at radius 2 is 2.04 bits per heavy atom. The van der Waals surface area contributed by atoms with Crippen LogP contribution in [0.3, 0.4) is 0 Å². The van der Waals surface area contributed by atoms with Crippen LogP contribution in [0.4, 0.5) is 0 Å². The van der Waals surface area contributed by atoms with Crippen LogP contribution in [0.15, 0.2) is 30.3 Å². The maximum Gasteiger partial charge on any atom is 0.311 e. The molecule has 1 saturated heterocycles. The van der Waals surface area contributed by atoms with E-state index in [9.17, 15) is 14.7 Å². The Morgan fingerprint density at radius 3 is 2.68 bits per heavy atom. The lowest BCUT2D eigenvalue weighted by Gasteiger charge is -2.30. The van der Waals surface area contributed by atoms with Gasteiger partial charge in [0.1, 0.15) is 0 Å². The van der Waals surface area contributed by atoms with E-state index in [2.05, 4.69) is 0 Å². The molecule has 2 atom stereocenters. The summed E-state index contributed by atoms with van der Waals surface area (Å²) in [4.78, 5) is 26.5. The van der Waals surface area contributed by atoms with Crippen LogP contribution in [-0.2, 0) is 20.9 Å². The Kier molecular flexibility index (Phi) is 4.87. The van der Waals surface area contributed by atoms with Crippen molar-refractivity contribution in [2.75, 3.05) is 19.7 Å². The fourth-order valence-electron chi connectivity index (χ4n) is 4.28. The second kappa shape index (κ2) is 6.79. The van der Waals surface area contributed by atoms with Gasteiger partial charge in [-0.3, -0.25) is 9.59 Å². The summed E-state index contributed by atoms with van der Waals surface area (Å²) in [7, 11) is 0. The SMILES string of the molecule is CC(C)(COCc1ccccc1)C(=O)N1C[C@@H]2CCC[C@@]2(C(=O)O)C1. The topological polar surface area (TPSA) is 66.8 Å². The van der Waals surface area contributed by atoms with Gasteiger partial charge in [0, 0.05) is 13.1 Å². The quantitative estimate of drug-likeness (QED) is 0.861. The second-order valence-electron chi connectivity index (χ2n) is 8.10. The smallest absolute Gasteiger partial charge is 0.311 e. The molecular formula is C20H27NO4. The maximum atomic E-state index is 13.0. The predicted octanol–water partition coefficient (Wildman–Crippen LogP) is 2.94. The standard InChI is InChI=1S/C20H27NO4/c1-19(2,14-25-12-15-7-4-3-5-8-15)17(22)21-11-16-9-6-10-20(16,13-21)18(23)24/h3-5,7-8,16H,6,9-14H2,1-2H3,(H,23,24)/t16-,20+/m0/s1. The van der Waals surface area contributed by atoms with E-state index < -0.39 is 16.8 Å². The number of carboxylic acid groups (broad SMARTS) is 1. The van der Waals surface area contributed by atoms with Crippen LogP contribution in [0.25, 0.3) is 0 Å². The van der Waals surface area contributed by atoms with Crippen LogP contribution in [0.2, 0.25) is 0 Å². The van der Waals surface area contributed by atoms with Gasteiger partial charge < -0.3 is 14.7 Å². The van der Waals surface area contributed by atoms with E-state index in [1.807, 2.05) is 44.2 Å². The van der Waals surface area contributed by atoms with E-state index in [0.29, 0.717) is 32.7 Å². The van der Waals surface area contributed by atoms with Crippen molar-refractivity contribution in [1.82, 2.24) is 4.90 Å². The Morgan fingerprint density at radius 1 is 1.32 bits per heavy atom. The highest BCUT2D eigenvalue weighted by Crippen LogP contribution is 2.49. The molecule has 0 radical (unpaired) electrons. The van der Waals surface area contributed by atoms with Crippen molar-refractivity contribution >= 4 is 11.9 Å². The molecule has 5 heteroatoms. The molecule has 3 rings (SSSR count). The summed E-state index contributed by atoms with van der Waals surface area (Å²) in [6, 6.07) is 9.87. The fraction of sp³-hybridized carbons (Fsp3) is 0.600. The van der Waals surface area contributed by atoms with Crippen molar-refractivity contribution in [2.24, 2.45) is 16.7 Å². The van der Waals surface area contributed by atoms with Crippen LogP contribution in [-0.4, -0.2) is 41.6 Å². The molecule has 0 spiro atoms. The van der Waals surface area contributed by atoms with Crippen LogP contribution >= 0.6 is 0 Å². The highest BCUT2D eigenvalue weighted by molar-refractivity contribution is 5.85. The zero-order chi connectivity index (χ0) is 18.1. The predicted molar refractivity (Wildman–Crippen MR) is 93.9 cm³/mol. The number of ether oxygens (including phenoxy) is 1. The number of benzene rings is 1. The minimum Gasteiger partial charge on any atom is -0.481 e. The molecule has 0 unspecified atom stereocenters. The summed E-state index contributed by atoms with van der Waals surface area (Å²) in [6.45, 7) is 5.45. The summed E-state index contributed by atoms with van der Waals surface area (Å²) in [6.07, 6.45) is 2.53. The van der Waals surface area contributed by atoms with Gasteiger partial charge in [0.05, 0.1) is 24.0 Å². The third kappa shape index (κ3) is 3.43. The van der Waals surface area contributed by atoms with Crippen LogP contribution < -0.4 is 0 Å². The molecule has 1 aliphatic carbocycles. The first kappa shape index (κ1) is 17.9. The molecule has 1 aliphatic heterocycles. The van der Waals surface area contributed by atoms with Crippen LogP contribution in [0, 0.1) is 16.7 Å².